The molecule has 168 valence electrons. The molecule has 32 heavy (non-hydrogen) atoms. The molecule has 0 radical (unpaired) electrons. The van der Waals surface area contributed by atoms with Gasteiger partial charge in [-0.15, -0.1) is 0 Å². The van der Waals surface area contributed by atoms with Gasteiger partial charge >= 0.3 is 0 Å². The number of aryl methyl sites for hydroxylation is 3. The van der Waals surface area contributed by atoms with Crippen LogP contribution in [0.5, 0.6) is 0 Å². The monoisotopic (exact) mass is 434 g/mol. The van der Waals surface area contributed by atoms with E-state index in [-0.39, 0.29) is 17.7 Å². The zero-order chi connectivity index (χ0) is 22.7. The molecule has 1 aliphatic heterocycles. The van der Waals surface area contributed by atoms with Crippen molar-refractivity contribution in [2.24, 2.45) is 5.92 Å². The number of aromatic nitrogens is 4. The molecule has 2 amide bonds. The van der Waals surface area contributed by atoms with E-state index in [1.807, 2.05) is 66.9 Å². The summed E-state index contributed by atoms with van der Waals surface area (Å²) in [4.78, 5) is 27.5. The summed E-state index contributed by atoms with van der Waals surface area (Å²) in [7, 11) is 0. The van der Waals surface area contributed by atoms with Gasteiger partial charge in [0, 0.05) is 43.0 Å². The largest absolute Gasteiger partial charge is 0.339 e. The number of rotatable bonds is 6. The van der Waals surface area contributed by atoms with Crippen LogP contribution < -0.4 is 5.32 Å². The summed E-state index contributed by atoms with van der Waals surface area (Å²) >= 11 is 0. The lowest BCUT2D eigenvalue weighted by Gasteiger charge is -2.31. The van der Waals surface area contributed by atoms with Gasteiger partial charge in [-0.1, -0.05) is 12.1 Å². The molecule has 1 N–H and O–H groups in total. The first-order chi connectivity index (χ1) is 15.4. The summed E-state index contributed by atoms with van der Waals surface area (Å²) in [5.41, 5.74) is 4.53. The van der Waals surface area contributed by atoms with Gasteiger partial charge < -0.3 is 10.2 Å². The van der Waals surface area contributed by atoms with Gasteiger partial charge in [0.2, 0.25) is 5.91 Å². The van der Waals surface area contributed by atoms with Crippen LogP contribution in [0, 0.1) is 19.8 Å². The highest BCUT2D eigenvalue weighted by Gasteiger charge is 2.28. The Labute approximate surface area is 188 Å². The van der Waals surface area contributed by atoms with Crippen LogP contribution in [0.2, 0.25) is 0 Å². The number of amides is 2. The minimum atomic E-state index is -0.0959. The normalized spacial score (nSPS) is 14.5. The molecule has 4 rings (SSSR count). The van der Waals surface area contributed by atoms with Crippen molar-refractivity contribution in [2.75, 3.05) is 18.4 Å². The van der Waals surface area contributed by atoms with Gasteiger partial charge in [0.05, 0.1) is 24.1 Å². The molecule has 1 aromatic carbocycles. The van der Waals surface area contributed by atoms with Gasteiger partial charge in [-0.25, -0.2) is 0 Å². The molecular formula is C24H30N6O2. The van der Waals surface area contributed by atoms with Crippen LogP contribution in [0.1, 0.15) is 47.1 Å². The molecule has 3 aromatic rings. The molecule has 3 heterocycles. The zero-order valence-electron chi connectivity index (χ0n) is 18.9. The van der Waals surface area contributed by atoms with Crippen LogP contribution in [0.4, 0.5) is 5.69 Å². The fraction of sp³-hybridized carbons (Fsp3) is 0.417. The van der Waals surface area contributed by atoms with E-state index in [9.17, 15) is 9.59 Å². The number of nitrogens with one attached hydrogen (secondary N) is 1. The van der Waals surface area contributed by atoms with E-state index in [2.05, 4.69) is 15.5 Å². The van der Waals surface area contributed by atoms with Crippen molar-refractivity contribution >= 4 is 17.5 Å². The Morgan fingerprint density at radius 2 is 1.94 bits per heavy atom. The summed E-state index contributed by atoms with van der Waals surface area (Å²) in [6, 6.07) is 9.79. The molecule has 1 saturated heterocycles. The third-order valence-electron chi connectivity index (χ3n) is 5.99. The molecule has 0 unspecified atom stereocenters. The molecule has 8 heteroatoms. The van der Waals surface area contributed by atoms with E-state index < -0.39 is 0 Å². The number of anilines is 1. The van der Waals surface area contributed by atoms with Crippen LogP contribution >= 0.6 is 0 Å². The van der Waals surface area contributed by atoms with E-state index in [0.717, 1.165) is 29.2 Å². The Kier molecular flexibility index (Phi) is 6.39. The second-order valence-corrected chi connectivity index (χ2v) is 8.43. The lowest BCUT2D eigenvalue weighted by molar-refractivity contribution is -0.121. The van der Waals surface area contributed by atoms with Gasteiger partial charge in [-0.05, 0) is 57.4 Å². The quantitative estimate of drug-likeness (QED) is 0.645. The van der Waals surface area contributed by atoms with Gasteiger partial charge in [0.1, 0.15) is 0 Å². The molecule has 8 nitrogen and oxygen atoms in total. The summed E-state index contributed by atoms with van der Waals surface area (Å²) in [5, 5.41) is 11.6. The number of hydrogen-bond donors (Lipinski definition) is 1. The number of carbonyl (C=O) groups is 2. The Hall–Kier alpha value is -3.42. The first kappa shape index (κ1) is 21.8. The van der Waals surface area contributed by atoms with Crippen LogP contribution in [-0.4, -0.2) is 49.4 Å². The Morgan fingerprint density at radius 1 is 1.16 bits per heavy atom. The molecule has 0 atom stereocenters. The first-order valence-corrected chi connectivity index (χ1v) is 11.2. The molecule has 0 aliphatic carbocycles. The average Bonchev–Trinajstić information content (AvgIpc) is 3.38. The van der Waals surface area contributed by atoms with Crippen LogP contribution in [0.3, 0.4) is 0 Å². The van der Waals surface area contributed by atoms with Crippen molar-refractivity contribution in [3.8, 4) is 0 Å². The van der Waals surface area contributed by atoms with Crippen molar-refractivity contribution < 1.29 is 9.59 Å². The molecule has 0 saturated carbocycles. The lowest BCUT2D eigenvalue weighted by Crippen LogP contribution is -2.41. The van der Waals surface area contributed by atoms with Crippen molar-refractivity contribution in [1.82, 2.24) is 24.5 Å². The van der Waals surface area contributed by atoms with Crippen molar-refractivity contribution in [2.45, 2.75) is 46.7 Å². The molecule has 1 aliphatic rings. The Morgan fingerprint density at radius 3 is 2.59 bits per heavy atom. The zero-order valence-corrected chi connectivity index (χ0v) is 18.9. The van der Waals surface area contributed by atoms with Crippen LogP contribution in [0.15, 0.2) is 42.7 Å². The fourth-order valence-electron chi connectivity index (χ4n) is 4.18. The number of benzene rings is 1. The van der Waals surface area contributed by atoms with E-state index in [0.29, 0.717) is 38.0 Å². The number of likely N-dealkylation sites (tertiary alicyclic amines) is 1. The van der Waals surface area contributed by atoms with Crippen LogP contribution in [-0.2, 0) is 17.9 Å². The van der Waals surface area contributed by atoms with E-state index in [1.165, 1.54) is 0 Å². The number of hydrogen-bond acceptors (Lipinski definition) is 4. The lowest BCUT2D eigenvalue weighted by atomic mass is 9.95. The minimum Gasteiger partial charge on any atom is -0.339 e. The van der Waals surface area contributed by atoms with Gasteiger partial charge in [-0.3, -0.25) is 19.0 Å². The maximum Gasteiger partial charge on any atom is 0.253 e. The third kappa shape index (κ3) is 4.90. The fourth-order valence-corrected chi connectivity index (χ4v) is 4.18. The van der Waals surface area contributed by atoms with Gasteiger partial charge in [0.15, 0.2) is 0 Å². The van der Waals surface area contributed by atoms with Crippen LogP contribution in [0.25, 0.3) is 0 Å². The number of nitrogens with zero attached hydrogens (tertiary/aromatic N) is 5. The number of carbonyl (C=O) groups excluding carboxylic acids is 2. The maximum atomic E-state index is 13.1. The standard InChI is InChI=1S/C24H30N6O2/c1-4-29-16-22(14-25-29)26-23(31)20-8-10-28(11-9-20)24(32)21-7-5-6-19(13-21)15-30-18(3)12-17(2)27-30/h5-7,12-14,16,20H,4,8-11,15H2,1-3H3,(H,26,31). The summed E-state index contributed by atoms with van der Waals surface area (Å²) in [6.07, 6.45) is 4.81. The highest BCUT2D eigenvalue weighted by Crippen LogP contribution is 2.21. The smallest absolute Gasteiger partial charge is 0.253 e. The Balaban J connectivity index is 1.34. The van der Waals surface area contributed by atoms with Gasteiger partial charge in [0.25, 0.3) is 5.91 Å². The molecule has 1 fully saturated rings. The highest BCUT2D eigenvalue weighted by atomic mass is 16.2. The van der Waals surface area contributed by atoms with E-state index in [4.69, 9.17) is 0 Å². The molecule has 0 bridgehead atoms. The topological polar surface area (TPSA) is 85.0 Å². The second kappa shape index (κ2) is 9.38. The Bertz CT molecular complexity index is 1110. The predicted octanol–water partition coefficient (Wildman–Crippen LogP) is 3.26. The molecule has 2 aromatic heterocycles. The van der Waals surface area contributed by atoms with E-state index in [1.54, 1.807) is 10.9 Å². The van der Waals surface area contributed by atoms with Gasteiger partial charge in [-0.2, -0.15) is 10.2 Å². The second-order valence-electron chi connectivity index (χ2n) is 8.43. The first-order valence-electron chi connectivity index (χ1n) is 11.2. The third-order valence-corrected chi connectivity index (χ3v) is 5.99. The summed E-state index contributed by atoms with van der Waals surface area (Å²) in [6.45, 7) is 8.56. The summed E-state index contributed by atoms with van der Waals surface area (Å²) in [5.74, 6) is -0.0793. The highest BCUT2D eigenvalue weighted by molar-refractivity contribution is 5.95. The van der Waals surface area contributed by atoms with Crippen molar-refractivity contribution in [1.29, 1.82) is 0 Å². The summed E-state index contributed by atoms with van der Waals surface area (Å²) < 4.78 is 3.73. The van der Waals surface area contributed by atoms with E-state index >= 15 is 0 Å². The van der Waals surface area contributed by atoms with Crippen molar-refractivity contribution in [3.05, 3.63) is 65.2 Å². The SMILES string of the molecule is CCn1cc(NC(=O)C2CCN(C(=O)c3cccc(Cn4nc(C)cc4C)c3)CC2)cn1. The number of piperidine rings is 1. The maximum absolute atomic E-state index is 13.1. The minimum absolute atomic E-state index is 0.000338. The van der Waals surface area contributed by atoms with Crippen molar-refractivity contribution in [3.63, 3.8) is 0 Å². The predicted molar refractivity (Wildman–Crippen MR) is 122 cm³/mol. The average molecular weight is 435 g/mol. The molecular weight excluding hydrogens is 404 g/mol. The molecule has 0 spiro atoms.